The van der Waals surface area contributed by atoms with Gasteiger partial charge in [0, 0.05) is 29.9 Å². The number of H-pyrrole nitrogens is 1. The maximum atomic E-state index is 12.0. The Kier molecular flexibility index (Phi) is 5.71. The highest BCUT2D eigenvalue weighted by Crippen LogP contribution is 2.44. The van der Waals surface area contributed by atoms with Gasteiger partial charge in [0.15, 0.2) is 11.5 Å². The molecule has 0 atom stereocenters. The zero-order valence-electron chi connectivity index (χ0n) is 15.6. The molecule has 0 unspecified atom stereocenters. The van der Waals surface area contributed by atoms with Gasteiger partial charge in [-0.3, -0.25) is 0 Å². The van der Waals surface area contributed by atoms with E-state index in [0.29, 0.717) is 30.2 Å². The molecule has 1 aromatic heterocycles. The molecule has 0 aliphatic rings. The second-order valence-corrected chi connectivity index (χ2v) is 5.88. The van der Waals surface area contributed by atoms with Crippen LogP contribution in [0.25, 0.3) is 10.9 Å². The third-order valence-corrected chi connectivity index (χ3v) is 4.26. The Morgan fingerprint density at radius 1 is 1.04 bits per heavy atom. The van der Waals surface area contributed by atoms with E-state index < -0.39 is 0 Å². The molecule has 27 heavy (non-hydrogen) atoms. The van der Waals surface area contributed by atoms with Crippen LogP contribution in [0.5, 0.6) is 17.2 Å². The summed E-state index contributed by atoms with van der Waals surface area (Å²) < 4.78 is 16.4. The second kappa shape index (κ2) is 8.35. The van der Waals surface area contributed by atoms with Crippen molar-refractivity contribution >= 4 is 22.6 Å². The van der Waals surface area contributed by atoms with Crippen LogP contribution in [0.15, 0.2) is 42.6 Å². The number of hydrogen-bond acceptors (Lipinski definition) is 4. The summed E-state index contributed by atoms with van der Waals surface area (Å²) in [6.07, 6.45) is 2.54. The van der Waals surface area contributed by atoms with Crippen molar-refractivity contribution in [2.75, 3.05) is 33.2 Å². The zero-order chi connectivity index (χ0) is 19.2. The Morgan fingerprint density at radius 2 is 1.78 bits per heavy atom. The molecule has 0 saturated heterocycles. The Labute approximate surface area is 157 Å². The van der Waals surface area contributed by atoms with Gasteiger partial charge in [0.1, 0.15) is 0 Å². The molecule has 2 amide bonds. The molecular formula is C20H23N3O4. The number of anilines is 1. The van der Waals surface area contributed by atoms with Crippen molar-refractivity contribution in [3.8, 4) is 17.2 Å². The molecule has 0 aliphatic carbocycles. The van der Waals surface area contributed by atoms with E-state index >= 15 is 0 Å². The first-order valence-electron chi connectivity index (χ1n) is 8.56. The summed E-state index contributed by atoms with van der Waals surface area (Å²) in [7, 11) is 4.76. The number of carbonyl (C=O) groups is 1. The summed E-state index contributed by atoms with van der Waals surface area (Å²) in [4.78, 5) is 15.2. The predicted molar refractivity (Wildman–Crippen MR) is 105 cm³/mol. The maximum Gasteiger partial charge on any atom is 0.319 e. The molecule has 0 spiro atoms. The van der Waals surface area contributed by atoms with E-state index in [1.807, 2.05) is 42.6 Å². The molecule has 0 saturated carbocycles. The van der Waals surface area contributed by atoms with Gasteiger partial charge in [0.05, 0.1) is 26.8 Å². The lowest BCUT2D eigenvalue weighted by Gasteiger charge is -2.14. The minimum absolute atomic E-state index is 0.243. The number of aromatic nitrogens is 1. The normalized spacial score (nSPS) is 10.5. The van der Waals surface area contributed by atoms with Crippen LogP contribution in [0.4, 0.5) is 10.5 Å². The van der Waals surface area contributed by atoms with Crippen LogP contribution in [0, 0.1) is 0 Å². The summed E-state index contributed by atoms with van der Waals surface area (Å²) in [6.45, 7) is 0.475. The number of amides is 2. The number of carbonyl (C=O) groups excluding carboxylic acids is 1. The molecular weight excluding hydrogens is 346 g/mol. The molecule has 3 rings (SSSR count). The van der Waals surface area contributed by atoms with Gasteiger partial charge in [0.2, 0.25) is 5.75 Å². The quantitative estimate of drug-likeness (QED) is 0.594. The van der Waals surface area contributed by atoms with E-state index in [1.54, 1.807) is 21.3 Å². The Bertz CT molecular complexity index is 922. The molecule has 142 valence electrons. The van der Waals surface area contributed by atoms with E-state index in [0.717, 1.165) is 22.2 Å². The molecule has 3 aromatic rings. The minimum atomic E-state index is -0.243. The molecule has 2 aromatic carbocycles. The summed E-state index contributed by atoms with van der Waals surface area (Å²) in [5.41, 5.74) is 2.65. The van der Waals surface area contributed by atoms with E-state index in [-0.39, 0.29) is 6.03 Å². The lowest BCUT2D eigenvalue weighted by molar-refractivity contribution is 0.252. The van der Waals surface area contributed by atoms with Gasteiger partial charge in [-0.15, -0.1) is 0 Å². The largest absolute Gasteiger partial charge is 0.493 e. The van der Waals surface area contributed by atoms with Gasteiger partial charge in [-0.1, -0.05) is 18.2 Å². The van der Waals surface area contributed by atoms with E-state index in [2.05, 4.69) is 15.6 Å². The number of methoxy groups -OCH3 is 3. The number of nitrogens with one attached hydrogen (secondary N) is 3. The predicted octanol–water partition coefficient (Wildman–Crippen LogP) is 3.56. The number of aromatic amines is 1. The van der Waals surface area contributed by atoms with Crippen LogP contribution >= 0.6 is 0 Å². The molecule has 0 fully saturated rings. The fourth-order valence-electron chi connectivity index (χ4n) is 3.03. The summed E-state index contributed by atoms with van der Waals surface area (Å²) >= 11 is 0. The standard InChI is InChI=1S/C20H23N3O4/c1-25-16-11-15-17(19(27-3)18(16)26-2)13(12-22-15)9-10-21-20(24)23-14-7-5-4-6-8-14/h4-8,11-12,22H,9-10H2,1-3H3,(H2,21,23,24). The van der Waals surface area contributed by atoms with Crippen molar-refractivity contribution in [3.63, 3.8) is 0 Å². The maximum absolute atomic E-state index is 12.0. The highest BCUT2D eigenvalue weighted by Gasteiger charge is 2.19. The molecule has 3 N–H and O–H groups in total. The zero-order valence-corrected chi connectivity index (χ0v) is 15.6. The van der Waals surface area contributed by atoms with E-state index in [1.165, 1.54) is 0 Å². The van der Waals surface area contributed by atoms with Crippen molar-refractivity contribution in [2.45, 2.75) is 6.42 Å². The fourth-order valence-corrected chi connectivity index (χ4v) is 3.03. The van der Waals surface area contributed by atoms with E-state index in [9.17, 15) is 4.79 Å². The average Bonchev–Trinajstić information content (AvgIpc) is 3.09. The van der Waals surface area contributed by atoms with Crippen molar-refractivity contribution in [3.05, 3.63) is 48.2 Å². The number of para-hydroxylation sites is 1. The third-order valence-electron chi connectivity index (χ3n) is 4.26. The number of ether oxygens (including phenoxy) is 3. The number of rotatable bonds is 7. The van der Waals surface area contributed by atoms with Gasteiger partial charge in [-0.05, 0) is 24.1 Å². The number of fused-ring (bicyclic) bond motifs is 1. The average molecular weight is 369 g/mol. The molecule has 1 heterocycles. The molecule has 7 nitrogen and oxygen atoms in total. The lowest BCUT2D eigenvalue weighted by atomic mass is 10.1. The highest BCUT2D eigenvalue weighted by atomic mass is 16.5. The summed E-state index contributed by atoms with van der Waals surface area (Å²) in [5.74, 6) is 1.75. The van der Waals surface area contributed by atoms with Crippen LogP contribution < -0.4 is 24.8 Å². The first-order valence-corrected chi connectivity index (χ1v) is 8.56. The third kappa shape index (κ3) is 3.92. The topological polar surface area (TPSA) is 84.6 Å². The molecule has 7 heteroatoms. The molecule has 0 radical (unpaired) electrons. The Balaban J connectivity index is 1.73. The van der Waals surface area contributed by atoms with Gasteiger partial charge in [-0.2, -0.15) is 0 Å². The Hall–Kier alpha value is -3.35. The number of hydrogen-bond donors (Lipinski definition) is 3. The summed E-state index contributed by atoms with van der Waals surface area (Å²) in [6, 6.07) is 10.9. The van der Waals surface area contributed by atoms with Crippen LogP contribution in [0.2, 0.25) is 0 Å². The number of urea groups is 1. The summed E-state index contributed by atoms with van der Waals surface area (Å²) in [5, 5.41) is 6.58. The Morgan fingerprint density at radius 3 is 2.44 bits per heavy atom. The van der Waals surface area contributed by atoms with Gasteiger partial charge < -0.3 is 29.8 Å². The van der Waals surface area contributed by atoms with Crippen LogP contribution in [0.3, 0.4) is 0 Å². The van der Waals surface area contributed by atoms with Crippen LogP contribution in [-0.2, 0) is 6.42 Å². The second-order valence-electron chi connectivity index (χ2n) is 5.88. The van der Waals surface area contributed by atoms with Crippen LogP contribution in [-0.4, -0.2) is 38.9 Å². The van der Waals surface area contributed by atoms with Gasteiger partial charge in [-0.25, -0.2) is 4.79 Å². The molecule has 0 bridgehead atoms. The van der Waals surface area contributed by atoms with Crippen LogP contribution in [0.1, 0.15) is 5.56 Å². The van der Waals surface area contributed by atoms with Gasteiger partial charge >= 0.3 is 6.03 Å². The highest BCUT2D eigenvalue weighted by molar-refractivity contribution is 5.94. The van der Waals surface area contributed by atoms with E-state index in [4.69, 9.17) is 14.2 Å². The SMILES string of the molecule is COc1cc2[nH]cc(CCNC(=O)Nc3ccccc3)c2c(OC)c1OC. The number of benzene rings is 2. The van der Waals surface area contributed by atoms with Crippen molar-refractivity contribution in [1.82, 2.24) is 10.3 Å². The van der Waals surface area contributed by atoms with Gasteiger partial charge in [0.25, 0.3) is 0 Å². The monoisotopic (exact) mass is 369 g/mol. The first-order chi connectivity index (χ1) is 13.2. The van der Waals surface area contributed by atoms with Crippen molar-refractivity contribution in [1.29, 1.82) is 0 Å². The minimum Gasteiger partial charge on any atom is -0.493 e. The van der Waals surface area contributed by atoms with Crippen molar-refractivity contribution < 1.29 is 19.0 Å². The smallest absolute Gasteiger partial charge is 0.319 e. The lowest BCUT2D eigenvalue weighted by Crippen LogP contribution is -2.30. The molecule has 0 aliphatic heterocycles. The first kappa shape index (κ1) is 18.4. The van der Waals surface area contributed by atoms with Crippen molar-refractivity contribution in [2.24, 2.45) is 0 Å². The fraction of sp³-hybridized carbons (Fsp3) is 0.250.